The molecule has 0 unspecified atom stereocenters. The molecular formula is C22H22N2O4. The van der Waals surface area contributed by atoms with Gasteiger partial charge >= 0.3 is 5.97 Å². The summed E-state index contributed by atoms with van der Waals surface area (Å²) in [7, 11) is 0. The van der Waals surface area contributed by atoms with E-state index in [9.17, 15) is 19.5 Å². The fourth-order valence-corrected chi connectivity index (χ4v) is 3.29. The van der Waals surface area contributed by atoms with Crippen LogP contribution in [0.4, 0.5) is 11.4 Å². The molecule has 3 N–H and O–H groups in total. The average Bonchev–Trinajstić information content (AvgIpc) is 2.71. The van der Waals surface area contributed by atoms with Gasteiger partial charge in [0.25, 0.3) is 5.91 Å². The molecule has 1 aliphatic carbocycles. The highest BCUT2D eigenvalue weighted by Gasteiger charge is 2.34. The van der Waals surface area contributed by atoms with Crippen LogP contribution < -0.4 is 10.6 Å². The van der Waals surface area contributed by atoms with Crippen LogP contribution in [-0.4, -0.2) is 22.9 Å². The van der Waals surface area contributed by atoms with Crippen molar-refractivity contribution in [3.8, 4) is 0 Å². The van der Waals surface area contributed by atoms with E-state index < -0.39 is 17.8 Å². The van der Waals surface area contributed by atoms with Gasteiger partial charge in [0.1, 0.15) is 0 Å². The molecule has 6 heteroatoms. The van der Waals surface area contributed by atoms with E-state index in [4.69, 9.17) is 0 Å². The SMILES string of the molecule is Cc1c(NC(=O)c2ccccc2)cccc1NC(=O)[C@H]1CC=CC[C@H]1C(=O)O. The molecule has 28 heavy (non-hydrogen) atoms. The van der Waals surface area contributed by atoms with Crippen molar-refractivity contribution in [3.05, 3.63) is 71.8 Å². The molecule has 2 atom stereocenters. The molecule has 2 amide bonds. The average molecular weight is 378 g/mol. The zero-order valence-electron chi connectivity index (χ0n) is 15.5. The van der Waals surface area contributed by atoms with E-state index in [0.29, 0.717) is 35.3 Å². The van der Waals surface area contributed by atoms with E-state index in [1.807, 2.05) is 12.1 Å². The molecule has 0 radical (unpaired) electrons. The Morgan fingerprint density at radius 1 is 0.857 bits per heavy atom. The van der Waals surface area contributed by atoms with Crippen LogP contribution in [0.25, 0.3) is 0 Å². The van der Waals surface area contributed by atoms with Gasteiger partial charge in [-0.05, 0) is 49.6 Å². The fourth-order valence-electron chi connectivity index (χ4n) is 3.29. The number of benzene rings is 2. The second kappa shape index (κ2) is 8.52. The molecule has 0 aliphatic heterocycles. The molecule has 0 saturated heterocycles. The summed E-state index contributed by atoms with van der Waals surface area (Å²) in [6.45, 7) is 1.80. The predicted molar refractivity (Wildman–Crippen MR) is 107 cm³/mol. The van der Waals surface area contributed by atoms with Gasteiger partial charge in [0, 0.05) is 16.9 Å². The number of nitrogens with one attached hydrogen (secondary N) is 2. The summed E-state index contributed by atoms with van der Waals surface area (Å²) in [6.07, 6.45) is 4.38. The second-order valence-corrected chi connectivity index (χ2v) is 6.78. The summed E-state index contributed by atoms with van der Waals surface area (Å²) in [5, 5.41) is 15.1. The van der Waals surface area contributed by atoms with Gasteiger partial charge in [0.15, 0.2) is 0 Å². The summed E-state index contributed by atoms with van der Waals surface area (Å²) < 4.78 is 0. The second-order valence-electron chi connectivity index (χ2n) is 6.78. The van der Waals surface area contributed by atoms with E-state index in [2.05, 4.69) is 10.6 Å². The lowest BCUT2D eigenvalue weighted by Gasteiger charge is -2.24. The first-order valence-corrected chi connectivity index (χ1v) is 9.12. The molecule has 2 aromatic carbocycles. The molecule has 0 aromatic heterocycles. The molecule has 0 bridgehead atoms. The Kier molecular flexibility index (Phi) is 5.89. The summed E-state index contributed by atoms with van der Waals surface area (Å²) in [4.78, 5) is 36.5. The van der Waals surface area contributed by atoms with Crippen LogP contribution in [0, 0.1) is 18.8 Å². The minimum atomic E-state index is -0.968. The van der Waals surface area contributed by atoms with E-state index in [1.54, 1.807) is 55.5 Å². The molecule has 1 aliphatic rings. The largest absolute Gasteiger partial charge is 0.481 e. The molecule has 6 nitrogen and oxygen atoms in total. The highest BCUT2D eigenvalue weighted by Crippen LogP contribution is 2.29. The lowest BCUT2D eigenvalue weighted by Crippen LogP contribution is -2.34. The molecule has 0 fully saturated rings. The van der Waals surface area contributed by atoms with Crippen molar-refractivity contribution in [2.24, 2.45) is 11.8 Å². The molecule has 144 valence electrons. The van der Waals surface area contributed by atoms with Crippen LogP contribution in [0.5, 0.6) is 0 Å². The van der Waals surface area contributed by atoms with Crippen molar-refractivity contribution < 1.29 is 19.5 Å². The number of carbonyl (C=O) groups is 3. The topological polar surface area (TPSA) is 95.5 Å². The molecule has 0 saturated carbocycles. The van der Waals surface area contributed by atoms with Gasteiger partial charge in [-0.25, -0.2) is 0 Å². The summed E-state index contributed by atoms with van der Waals surface area (Å²) >= 11 is 0. The number of anilines is 2. The number of rotatable bonds is 5. The van der Waals surface area contributed by atoms with Gasteiger partial charge in [0.2, 0.25) is 5.91 Å². The fraction of sp³-hybridized carbons (Fsp3) is 0.227. The van der Waals surface area contributed by atoms with Crippen molar-refractivity contribution >= 4 is 29.2 Å². The summed E-state index contributed by atoms with van der Waals surface area (Å²) in [6, 6.07) is 14.1. The summed E-state index contributed by atoms with van der Waals surface area (Å²) in [5.41, 5.74) is 2.38. The lowest BCUT2D eigenvalue weighted by molar-refractivity contribution is -0.146. The van der Waals surface area contributed by atoms with Crippen LogP contribution in [0.15, 0.2) is 60.7 Å². The van der Waals surface area contributed by atoms with Gasteiger partial charge < -0.3 is 15.7 Å². The molecule has 2 aromatic rings. The Morgan fingerprint density at radius 2 is 1.46 bits per heavy atom. The molecule has 0 heterocycles. The van der Waals surface area contributed by atoms with Crippen LogP contribution in [-0.2, 0) is 9.59 Å². The number of hydrogen-bond acceptors (Lipinski definition) is 3. The van der Waals surface area contributed by atoms with E-state index in [1.165, 1.54) is 0 Å². The molecule has 0 spiro atoms. The maximum absolute atomic E-state index is 12.7. The standard InChI is InChI=1S/C22H22N2O4/c1-14-18(23-20(25)15-8-3-2-4-9-15)12-7-13-19(14)24-21(26)16-10-5-6-11-17(16)22(27)28/h2-9,12-13,16-17H,10-11H2,1H3,(H,23,25)(H,24,26)(H,27,28)/t16-,17+/m0/s1. The number of amides is 2. The predicted octanol–water partition coefficient (Wildman–Crippen LogP) is 3.85. The first-order chi connectivity index (χ1) is 13.5. The number of allylic oxidation sites excluding steroid dienone is 2. The van der Waals surface area contributed by atoms with E-state index in [-0.39, 0.29) is 11.8 Å². The Bertz CT molecular complexity index is 921. The summed E-state index contributed by atoms with van der Waals surface area (Å²) in [5.74, 6) is -2.89. The third-order valence-electron chi connectivity index (χ3n) is 4.96. The zero-order chi connectivity index (χ0) is 20.1. The minimum absolute atomic E-state index is 0.240. The minimum Gasteiger partial charge on any atom is -0.481 e. The normalized spacial score (nSPS) is 18.3. The van der Waals surface area contributed by atoms with Gasteiger partial charge in [-0.15, -0.1) is 0 Å². The van der Waals surface area contributed by atoms with Crippen molar-refractivity contribution in [2.45, 2.75) is 19.8 Å². The number of carboxylic acid groups (broad SMARTS) is 1. The molecular weight excluding hydrogens is 356 g/mol. The smallest absolute Gasteiger partial charge is 0.307 e. The first kappa shape index (κ1) is 19.4. The van der Waals surface area contributed by atoms with Gasteiger partial charge in [-0.2, -0.15) is 0 Å². The van der Waals surface area contributed by atoms with Crippen LogP contribution in [0.2, 0.25) is 0 Å². The van der Waals surface area contributed by atoms with E-state index >= 15 is 0 Å². The van der Waals surface area contributed by atoms with Crippen molar-refractivity contribution in [1.29, 1.82) is 0 Å². The Morgan fingerprint density at radius 3 is 2.11 bits per heavy atom. The van der Waals surface area contributed by atoms with Crippen LogP contribution in [0.1, 0.15) is 28.8 Å². The molecule has 3 rings (SSSR count). The van der Waals surface area contributed by atoms with Gasteiger partial charge in [0.05, 0.1) is 11.8 Å². The number of aliphatic carboxylic acids is 1. The van der Waals surface area contributed by atoms with E-state index in [0.717, 1.165) is 0 Å². The monoisotopic (exact) mass is 378 g/mol. The van der Waals surface area contributed by atoms with Gasteiger partial charge in [-0.3, -0.25) is 14.4 Å². The maximum Gasteiger partial charge on any atom is 0.307 e. The van der Waals surface area contributed by atoms with Crippen molar-refractivity contribution in [2.75, 3.05) is 10.6 Å². The Labute approximate surface area is 163 Å². The first-order valence-electron chi connectivity index (χ1n) is 9.12. The van der Waals surface area contributed by atoms with Crippen LogP contribution in [0.3, 0.4) is 0 Å². The number of carboxylic acids is 1. The quantitative estimate of drug-likeness (QED) is 0.689. The Balaban J connectivity index is 1.75. The Hall–Kier alpha value is -3.41. The highest BCUT2D eigenvalue weighted by molar-refractivity contribution is 6.05. The maximum atomic E-state index is 12.7. The van der Waals surface area contributed by atoms with Gasteiger partial charge in [-0.1, -0.05) is 36.4 Å². The third kappa shape index (κ3) is 4.28. The number of carbonyl (C=O) groups excluding carboxylic acids is 2. The van der Waals surface area contributed by atoms with Crippen molar-refractivity contribution in [3.63, 3.8) is 0 Å². The highest BCUT2D eigenvalue weighted by atomic mass is 16.4. The third-order valence-corrected chi connectivity index (χ3v) is 4.96. The number of hydrogen-bond donors (Lipinski definition) is 3. The van der Waals surface area contributed by atoms with Crippen LogP contribution >= 0.6 is 0 Å². The zero-order valence-corrected chi connectivity index (χ0v) is 15.5. The lowest BCUT2D eigenvalue weighted by atomic mass is 9.82. The van der Waals surface area contributed by atoms with Crippen molar-refractivity contribution in [1.82, 2.24) is 0 Å².